The Kier molecular flexibility index (Phi) is 6.63. The Bertz CT molecular complexity index is 1380. The normalized spacial score (nSPS) is 17.9. The Morgan fingerprint density at radius 3 is 2.63 bits per heavy atom. The maximum absolute atomic E-state index is 12.6. The summed E-state index contributed by atoms with van der Waals surface area (Å²) >= 11 is 3.40. The number of azo groups is 1. The first kappa shape index (κ1) is 23.2. The van der Waals surface area contributed by atoms with Crippen molar-refractivity contribution in [2.45, 2.75) is 32.0 Å². The average Bonchev–Trinajstić information content (AvgIpc) is 3.47. The third-order valence-corrected chi connectivity index (χ3v) is 6.47. The topological polar surface area (TPSA) is 111 Å². The lowest BCUT2D eigenvalue weighted by atomic mass is 10.0. The minimum Gasteiger partial charge on any atom is -0.493 e. The van der Waals surface area contributed by atoms with Crippen LogP contribution in [0.15, 0.2) is 81.4 Å². The first-order valence-electron chi connectivity index (χ1n) is 11.2. The van der Waals surface area contributed by atoms with E-state index in [9.17, 15) is 9.90 Å². The van der Waals surface area contributed by atoms with E-state index in [0.717, 1.165) is 21.3 Å². The van der Waals surface area contributed by atoms with Crippen molar-refractivity contribution in [1.29, 1.82) is 0 Å². The number of amides is 1. The van der Waals surface area contributed by atoms with Gasteiger partial charge in [0.05, 0.1) is 5.52 Å². The van der Waals surface area contributed by atoms with Crippen molar-refractivity contribution in [2.24, 2.45) is 10.2 Å². The zero-order valence-electron chi connectivity index (χ0n) is 19.0. The van der Waals surface area contributed by atoms with Gasteiger partial charge in [0, 0.05) is 15.9 Å². The molecule has 178 valence electrons. The zero-order valence-corrected chi connectivity index (χ0v) is 20.5. The van der Waals surface area contributed by atoms with E-state index in [1.165, 1.54) is 5.56 Å². The van der Waals surface area contributed by atoms with E-state index in [1.807, 2.05) is 42.5 Å². The van der Waals surface area contributed by atoms with Gasteiger partial charge in [0.15, 0.2) is 5.69 Å². The molecule has 2 atom stereocenters. The third kappa shape index (κ3) is 5.27. The van der Waals surface area contributed by atoms with Crippen LogP contribution < -0.4 is 15.6 Å². The monoisotopic (exact) mass is 533 g/mol. The molecule has 1 amide bonds. The number of hydrogen-bond acceptors (Lipinski definition) is 6. The summed E-state index contributed by atoms with van der Waals surface area (Å²) in [5.41, 5.74) is 10.5. The van der Waals surface area contributed by atoms with Gasteiger partial charge in [-0.2, -0.15) is 0 Å². The number of carbonyl (C=O) groups is 1. The van der Waals surface area contributed by atoms with Gasteiger partial charge >= 0.3 is 0 Å². The highest BCUT2D eigenvalue weighted by molar-refractivity contribution is 9.10. The molecule has 35 heavy (non-hydrogen) atoms. The molecule has 0 radical (unpaired) electrons. The Balaban J connectivity index is 1.19. The lowest BCUT2D eigenvalue weighted by Gasteiger charge is -2.11. The summed E-state index contributed by atoms with van der Waals surface area (Å²) in [4.78, 5) is 15.5. The van der Waals surface area contributed by atoms with Gasteiger partial charge in [-0.3, -0.25) is 4.79 Å². The van der Waals surface area contributed by atoms with Gasteiger partial charge in [0.1, 0.15) is 18.4 Å². The van der Waals surface area contributed by atoms with Gasteiger partial charge in [0.2, 0.25) is 5.88 Å². The van der Waals surface area contributed by atoms with Crippen molar-refractivity contribution in [2.75, 3.05) is 0 Å². The summed E-state index contributed by atoms with van der Waals surface area (Å²) in [6, 6.07) is 21.0. The van der Waals surface area contributed by atoms with Gasteiger partial charge in [-0.1, -0.05) is 57.9 Å². The Morgan fingerprint density at radius 1 is 1.09 bits per heavy atom. The molecule has 8 nitrogen and oxygen atoms in total. The predicted octanol–water partition coefficient (Wildman–Crippen LogP) is 5.74. The molecule has 1 aromatic heterocycles. The van der Waals surface area contributed by atoms with Crippen LogP contribution in [0, 0.1) is 6.92 Å². The number of ether oxygens (including phenoxy) is 1. The van der Waals surface area contributed by atoms with E-state index in [0.29, 0.717) is 23.9 Å². The number of hydrogen-bond donors (Lipinski definition) is 4. The lowest BCUT2D eigenvalue weighted by Crippen LogP contribution is -2.35. The number of aryl methyl sites for hydroxylation is 1. The molecule has 4 N–H and O–H groups in total. The van der Waals surface area contributed by atoms with Crippen LogP contribution in [-0.2, 0) is 11.4 Å². The van der Waals surface area contributed by atoms with Crippen LogP contribution in [0.1, 0.15) is 29.2 Å². The second-order valence-corrected chi connectivity index (χ2v) is 9.44. The molecule has 9 heteroatoms. The van der Waals surface area contributed by atoms with Gasteiger partial charge in [0.25, 0.3) is 5.91 Å². The number of benzene rings is 3. The molecule has 0 saturated carbocycles. The zero-order chi connectivity index (χ0) is 24.4. The highest BCUT2D eigenvalue weighted by Crippen LogP contribution is 2.37. The van der Waals surface area contributed by atoms with E-state index in [4.69, 9.17) is 4.74 Å². The number of aromatic nitrogens is 1. The molecule has 1 aliphatic heterocycles. The fourth-order valence-electron chi connectivity index (χ4n) is 3.99. The number of hydrazine groups is 1. The molecule has 2 unspecified atom stereocenters. The summed E-state index contributed by atoms with van der Waals surface area (Å²) in [5.74, 6) is 0.239. The predicted molar refractivity (Wildman–Crippen MR) is 137 cm³/mol. The van der Waals surface area contributed by atoms with E-state index < -0.39 is 11.9 Å². The first-order valence-corrected chi connectivity index (χ1v) is 12.0. The van der Waals surface area contributed by atoms with Crippen LogP contribution in [0.4, 0.5) is 5.69 Å². The van der Waals surface area contributed by atoms with Crippen LogP contribution in [0.5, 0.6) is 11.6 Å². The Labute approximate surface area is 210 Å². The second kappa shape index (κ2) is 9.99. The number of fused-ring (bicyclic) bond motifs is 1. The number of carbonyl (C=O) groups excluding carboxylic acids is 1. The summed E-state index contributed by atoms with van der Waals surface area (Å²) in [5, 5.41) is 18.7. The van der Waals surface area contributed by atoms with Gasteiger partial charge < -0.3 is 14.8 Å². The first-order chi connectivity index (χ1) is 17.0. The molecule has 0 spiro atoms. The van der Waals surface area contributed by atoms with Crippen molar-refractivity contribution < 1.29 is 14.6 Å². The van der Waals surface area contributed by atoms with Crippen molar-refractivity contribution in [3.05, 3.63) is 87.9 Å². The second-order valence-electron chi connectivity index (χ2n) is 8.52. The third-order valence-electron chi connectivity index (χ3n) is 5.97. The van der Waals surface area contributed by atoms with E-state index in [1.54, 1.807) is 0 Å². The highest BCUT2D eigenvalue weighted by atomic mass is 79.9. The Hall–Kier alpha value is -3.53. The fourth-order valence-corrected chi connectivity index (χ4v) is 4.35. The minimum absolute atomic E-state index is 0.0530. The molecule has 1 saturated heterocycles. The molecule has 5 rings (SSSR count). The molecular weight excluding hydrogens is 510 g/mol. The smallest absolute Gasteiger partial charge is 0.282 e. The molecule has 4 aromatic rings. The lowest BCUT2D eigenvalue weighted by molar-refractivity contribution is -0.120. The average molecular weight is 534 g/mol. The van der Waals surface area contributed by atoms with Crippen LogP contribution in [-0.4, -0.2) is 22.0 Å². The number of nitrogens with one attached hydrogen (secondary N) is 3. The van der Waals surface area contributed by atoms with Gasteiger partial charge in [-0.25, -0.2) is 10.9 Å². The molecule has 2 heterocycles. The van der Waals surface area contributed by atoms with Crippen molar-refractivity contribution in [3.63, 3.8) is 0 Å². The largest absolute Gasteiger partial charge is 0.493 e. The molecule has 0 aliphatic carbocycles. The summed E-state index contributed by atoms with van der Waals surface area (Å²) in [6.45, 7) is 2.57. The number of rotatable bonds is 6. The molecule has 1 aliphatic rings. The number of halogens is 1. The van der Waals surface area contributed by atoms with Gasteiger partial charge in [-0.15, -0.1) is 10.2 Å². The molecule has 0 bridgehead atoms. The fraction of sp³-hybridized carbons (Fsp3) is 0.192. The Morgan fingerprint density at radius 2 is 1.86 bits per heavy atom. The number of H-pyrrole nitrogens is 1. The number of nitrogens with zero attached hydrogens (tertiary/aromatic N) is 2. The highest BCUT2D eigenvalue weighted by Gasteiger charge is 2.30. The van der Waals surface area contributed by atoms with E-state index in [-0.39, 0.29) is 17.6 Å². The number of aromatic amines is 1. The van der Waals surface area contributed by atoms with Crippen molar-refractivity contribution in [3.8, 4) is 11.6 Å². The van der Waals surface area contributed by atoms with E-state index in [2.05, 4.69) is 73.2 Å². The minimum atomic E-state index is -0.528. The molecular formula is C26H24BrN5O3. The van der Waals surface area contributed by atoms with Crippen LogP contribution in [0.3, 0.4) is 0 Å². The summed E-state index contributed by atoms with van der Waals surface area (Å²) in [7, 11) is 0. The van der Waals surface area contributed by atoms with Crippen LogP contribution >= 0.6 is 15.9 Å². The van der Waals surface area contributed by atoms with Crippen LogP contribution in [0.25, 0.3) is 10.9 Å². The van der Waals surface area contributed by atoms with Crippen molar-refractivity contribution in [1.82, 2.24) is 15.8 Å². The maximum Gasteiger partial charge on any atom is 0.282 e. The number of aromatic hydroxyl groups is 1. The van der Waals surface area contributed by atoms with Crippen molar-refractivity contribution >= 4 is 38.4 Å². The molecule has 3 aromatic carbocycles. The van der Waals surface area contributed by atoms with Gasteiger partial charge in [-0.05, 0) is 54.8 Å². The van der Waals surface area contributed by atoms with E-state index >= 15 is 0 Å². The molecule has 1 fully saturated rings. The maximum atomic E-state index is 12.6. The quantitative estimate of drug-likeness (QED) is 0.236. The summed E-state index contributed by atoms with van der Waals surface area (Å²) in [6.07, 6.45) is 0.521. The SMILES string of the molecule is Cc1ccc(COc2ccc(C3CC(C(=O)N=Nc4c(O)[nH]c5ccc(Br)cc45)NN3)cc2)cc1. The standard InChI is InChI=1S/C26H24BrN5O3/c1-15-2-4-16(5-3-15)14-35-19-9-6-17(7-10-19)22-13-23(30-29-22)25(33)32-31-24-20-12-18(27)8-11-21(20)28-26(24)34/h2-12,22-23,28-30,34H,13-14H2,1H3. The summed E-state index contributed by atoms with van der Waals surface area (Å²) < 4.78 is 6.72. The van der Waals surface area contributed by atoms with Crippen LogP contribution in [0.2, 0.25) is 0 Å².